The van der Waals surface area contributed by atoms with Crippen LogP contribution in [0.25, 0.3) is 0 Å². The summed E-state index contributed by atoms with van der Waals surface area (Å²) >= 11 is 5.91. The van der Waals surface area contributed by atoms with Gasteiger partial charge in [0.05, 0.1) is 0 Å². The summed E-state index contributed by atoms with van der Waals surface area (Å²) in [5, 5.41) is 4.27. The van der Waals surface area contributed by atoms with Crippen molar-refractivity contribution in [2.24, 2.45) is 0 Å². The first-order valence-corrected chi connectivity index (χ1v) is 7.39. The Bertz CT molecular complexity index is 398. The second-order valence-corrected chi connectivity index (χ2v) is 6.36. The van der Waals surface area contributed by atoms with E-state index in [1.165, 1.54) is 5.56 Å². The number of aryl methyl sites for hydroxylation is 1. The molecule has 1 heterocycles. The van der Waals surface area contributed by atoms with Gasteiger partial charge in [0.15, 0.2) is 0 Å². The molecule has 0 bridgehead atoms. The predicted molar refractivity (Wildman–Crippen MR) is 70.7 cm³/mol. The number of nitrogens with one attached hydrogen (secondary N) is 1. The molecule has 1 aliphatic heterocycles. The lowest BCUT2D eigenvalue weighted by Gasteiger charge is -2.24. The van der Waals surface area contributed by atoms with Gasteiger partial charge in [-0.25, -0.2) is 0 Å². The van der Waals surface area contributed by atoms with Crippen LogP contribution in [0.15, 0.2) is 18.2 Å². The molecule has 0 amide bonds. The number of anilines is 1. The van der Waals surface area contributed by atoms with E-state index in [2.05, 4.69) is 12.2 Å². The van der Waals surface area contributed by atoms with Crippen LogP contribution in [0.5, 0.6) is 0 Å². The van der Waals surface area contributed by atoms with E-state index in [1.54, 1.807) is 0 Å². The second kappa shape index (κ2) is 5.19. The van der Waals surface area contributed by atoms with Gasteiger partial charge in [-0.3, -0.25) is 4.21 Å². The van der Waals surface area contributed by atoms with Gasteiger partial charge in [0.1, 0.15) is 0 Å². The largest absolute Gasteiger partial charge is 0.382 e. The summed E-state index contributed by atoms with van der Waals surface area (Å²) in [4.78, 5) is 0. The molecule has 0 atom stereocenters. The van der Waals surface area contributed by atoms with Crippen molar-refractivity contribution in [3.63, 3.8) is 0 Å². The Morgan fingerprint density at radius 1 is 1.38 bits per heavy atom. The number of halogens is 1. The number of hydrogen-bond donors (Lipinski definition) is 1. The fraction of sp³-hybridized carbons (Fsp3) is 0.500. The standard InChI is InChI=1S/C12H16ClNOS/c1-9-8-10(13)2-3-12(9)14-11-4-6-16(15)7-5-11/h2-3,8,11,14H,4-7H2,1H3. The summed E-state index contributed by atoms with van der Waals surface area (Å²) < 4.78 is 11.2. The molecule has 0 aliphatic carbocycles. The van der Waals surface area contributed by atoms with Gasteiger partial charge in [0.25, 0.3) is 0 Å². The molecule has 1 N–H and O–H groups in total. The maximum Gasteiger partial charge on any atom is 0.0410 e. The monoisotopic (exact) mass is 257 g/mol. The minimum atomic E-state index is -0.589. The van der Waals surface area contributed by atoms with Crippen molar-refractivity contribution in [3.05, 3.63) is 28.8 Å². The minimum absolute atomic E-state index is 0.456. The Morgan fingerprint density at radius 3 is 2.69 bits per heavy atom. The van der Waals surface area contributed by atoms with E-state index in [1.807, 2.05) is 18.2 Å². The van der Waals surface area contributed by atoms with E-state index in [-0.39, 0.29) is 0 Å². The summed E-state index contributed by atoms with van der Waals surface area (Å²) in [7, 11) is -0.589. The molecule has 2 rings (SSSR count). The first kappa shape index (κ1) is 11.9. The average molecular weight is 258 g/mol. The van der Waals surface area contributed by atoms with Crippen LogP contribution >= 0.6 is 11.6 Å². The van der Waals surface area contributed by atoms with Crippen LogP contribution in [-0.4, -0.2) is 21.8 Å². The van der Waals surface area contributed by atoms with Crippen LogP contribution in [-0.2, 0) is 10.8 Å². The predicted octanol–water partition coefficient (Wildman–Crippen LogP) is 2.97. The first-order valence-electron chi connectivity index (χ1n) is 5.53. The Balaban J connectivity index is 2.01. The van der Waals surface area contributed by atoms with Gasteiger partial charge in [0.2, 0.25) is 0 Å². The van der Waals surface area contributed by atoms with Gasteiger partial charge >= 0.3 is 0 Å². The zero-order chi connectivity index (χ0) is 11.5. The van der Waals surface area contributed by atoms with E-state index >= 15 is 0 Å². The lowest BCUT2D eigenvalue weighted by atomic mass is 10.1. The summed E-state index contributed by atoms with van der Waals surface area (Å²) in [6, 6.07) is 6.34. The molecule has 0 spiro atoms. The highest BCUT2D eigenvalue weighted by atomic mass is 35.5. The summed E-state index contributed by atoms with van der Waals surface area (Å²) in [5.74, 6) is 1.65. The molecule has 1 aromatic rings. The zero-order valence-corrected chi connectivity index (χ0v) is 10.9. The van der Waals surface area contributed by atoms with Gasteiger partial charge in [-0.05, 0) is 43.5 Å². The smallest absolute Gasteiger partial charge is 0.0410 e. The average Bonchev–Trinajstić information content (AvgIpc) is 2.25. The van der Waals surface area contributed by atoms with Crippen LogP contribution in [0.4, 0.5) is 5.69 Å². The number of benzene rings is 1. The molecule has 1 fully saturated rings. The van der Waals surface area contributed by atoms with E-state index in [9.17, 15) is 4.21 Å². The van der Waals surface area contributed by atoms with Crippen molar-refractivity contribution >= 4 is 28.1 Å². The number of rotatable bonds is 2. The Labute approximate surface area is 104 Å². The maximum absolute atomic E-state index is 11.2. The molecule has 4 heteroatoms. The third kappa shape index (κ3) is 2.98. The van der Waals surface area contributed by atoms with Crippen LogP contribution in [0, 0.1) is 6.92 Å². The minimum Gasteiger partial charge on any atom is -0.382 e. The molecule has 1 saturated heterocycles. The van der Waals surface area contributed by atoms with Gasteiger partial charge in [0, 0.05) is 39.1 Å². The molecular formula is C12H16ClNOS. The molecule has 88 valence electrons. The molecular weight excluding hydrogens is 242 g/mol. The van der Waals surface area contributed by atoms with Crippen molar-refractivity contribution in [2.45, 2.75) is 25.8 Å². The van der Waals surface area contributed by atoms with Crippen LogP contribution in [0.2, 0.25) is 5.02 Å². The zero-order valence-electron chi connectivity index (χ0n) is 9.33. The fourth-order valence-electron chi connectivity index (χ4n) is 1.95. The quantitative estimate of drug-likeness (QED) is 0.883. The highest BCUT2D eigenvalue weighted by molar-refractivity contribution is 7.85. The van der Waals surface area contributed by atoms with Gasteiger partial charge in [-0.1, -0.05) is 11.6 Å². The van der Waals surface area contributed by atoms with Crippen molar-refractivity contribution in [1.82, 2.24) is 0 Å². The molecule has 1 aliphatic rings. The van der Waals surface area contributed by atoms with Crippen LogP contribution in [0.3, 0.4) is 0 Å². The molecule has 0 unspecified atom stereocenters. The lowest BCUT2D eigenvalue weighted by Crippen LogP contribution is -2.29. The number of hydrogen-bond acceptors (Lipinski definition) is 2. The van der Waals surface area contributed by atoms with E-state index in [0.29, 0.717) is 6.04 Å². The maximum atomic E-state index is 11.2. The Kier molecular flexibility index (Phi) is 3.87. The van der Waals surface area contributed by atoms with E-state index < -0.39 is 10.8 Å². The summed E-state index contributed by atoms with van der Waals surface area (Å²) in [6.07, 6.45) is 1.99. The summed E-state index contributed by atoms with van der Waals surface area (Å²) in [6.45, 7) is 2.05. The van der Waals surface area contributed by atoms with Gasteiger partial charge in [-0.15, -0.1) is 0 Å². The topological polar surface area (TPSA) is 29.1 Å². The SMILES string of the molecule is Cc1cc(Cl)ccc1NC1CCS(=O)CC1. The third-order valence-electron chi connectivity index (χ3n) is 2.94. The van der Waals surface area contributed by atoms with Gasteiger partial charge in [-0.2, -0.15) is 0 Å². The Hall–Kier alpha value is -0.540. The molecule has 1 aromatic carbocycles. The summed E-state index contributed by atoms with van der Waals surface area (Å²) in [5.41, 5.74) is 2.31. The van der Waals surface area contributed by atoms with Gasteiger partial charge < -0.3 is 5.32 Å². The van der Waals surface area contributed by atoms with Crippen molar-refractivity contribution in [3.8, 4) is 0 Å². The molecule has 0 aromatic heterocycles. The normalized spacial score (nSPS) is 25.4. The third-order valence-corrected chi connectivity index (χ3v) is 4.55. The molecule has 16 heavy (non-hydrogen) atoms. The highest BCUT2D eigenvalue weighted by Crippen LogP contribution is 2.22. The van der Waals surface area contributed by atoms with Crippen molar-refractivity contribution in [1.29, 1.82) is 0 Å². The first-order chi connectivity index (χ1) is 7.65. The Morgan fingerprint density at radius 2 is 2.06 bits per heavy atom. The lowest BCUT2D eigenvalue weighted by molar-refractivity contribution is 0.624. The second-order valence-electron chi connectivity index (χ2n) is 4.23. The molecule has 0 saturated carbocycles. The molecule has 0 radical (unpaired) electrons. The van der Waals surface area contributed by atoms with Crippen molar-refractivity contribution < 1.29 is 4.21 Å². The molecule has 2 nitrogen and oxygen atoms in total. The fourth-order valence-corrected chi connectivity index (χ4v) is 3.47. The van der Waals surface area contributed by atoms with Crippen LogP contribution < -0.4 is 5.32 Å². The van der Waals surface area contributed by atoms with E-state index in [0.717, 1.165) is 35.1 Å². The van der Waals surface area contributed by atoms with Crippen molar-refractivity contribution in [2.75, 3.05) is 16.8 Å². The van der Waals surface area contributed by atoms with E-state index in [4.69, 9.17) is 11.6 Å². The van der Waals surface area contributed by atoms with Crippen LogP contribution in [0.1, 0.15) is 18.4 Å². The highest BCUT2D eigenvalue weighted by Gasteiger charge is 2.17.